The van der Waals surface area contributed by atoms with Crippen LogP contribution in [-0.2, 0) is 27.9 Å². The molecule has 0 heterocycles. The van der Waals surface area contributed by atoms with Crippen LogP contribution < -0.4 is 10.2 Å². The maximum absolute atomic E-state index is 13.5. The number of amides is 1. The van der Waals surface area contributed by atoms with Crippen LogP contribution in [0.1, 0.15) is 284 Å². The van der Waals surface area contributed by atoms with Crippen LogP contribution in [0.15, 0.2) is 85.1 Å². The van der Waals surface area contributed by atoms with E-state index in [4.69, 9.17) is 13.8 Å². The Kier molecular flexibility index (Phi) is 55.4. The fraction of sp³-hybridized carbons (Fsp3) is 0.765. The summed E-state index contributed by atoms with van der Waals surface area (Å²) in [7, 11) is 1.17. The Morgan fingerprint density at radius 2 is 0.821 bits per heavy atom. The van der Waals surface area contributed by atoms with Crippen molar-refractivity contribution in [3.63, 3.8) is 0 Å². The van der Waals surface area contributed by atoms with Gasteiger partial charge in [-0.3, -0.25) is 14.2 Å². The van der Waals surface area contributed by atoms with E-state index < -0.39 is 26.6 Å². The average molecular weight is 1110 g/mol. The molecule has 0 aromatic heterocycles. The lowest BCUT2D eigenvalue weighted by molar-refractivity contribution is -0.870. The molecule has 452 valence electrons. The summed E-state index contributed by atoms with van der Waals surface area (Å²) in [6.07, 6.45) is 75.5. The Bertz CT molecular complexity index is 1610. The summed E-state index contributed by atoms with van der Waals surface area (Å²) in [5.74, 6) is -0.551. The first-order valence-electron chi connectivity index (χ1n) is 32.4. The number of ether oxygens (including phenoxy) is 1. The van der Waals surface area contributed by atoms with Crippen molar-refractivity contribution in [2.24, 2.45) is 0 Å². The smallest absolute Gasteiger partial charge is 0.306 e. The lowest BCUT2D eigenvalue weighted by Crippen LogP contribution is -2.47. The minimum absolute atomic E-state index is 0.0266. The van der Waals surface area contributed by atoms with E-state index in [0.29, 0.717) is 17.4 Å². The zero-order valence-corrected chi connectivity index (χ0v) is 52.5. The summed E-state index contributed by atoms with van der Waals surface area (Å²) in [4.78, 5) is 40.0. The van der Waals surface area contributed by atoms with Crippen LogP contribution in [0.4, 0.5) is 0 Å². The number of allylic oxidation sites excluding steroid dienone is 13. The lowest BCUT2D eigenvalue weighted by atomic mass is 10.0. The minimum atomic E-state index is -4.70. The predicted molar refractivity (Wildman–Crippen MR) is 335 cm³/mol. The third-order valence-corrected chi connectivity index (χ3v) is 15.0. The second kappa shape index (κ2) is 57.4. The molecule has 0 saturated heterocycles. The summed E-state index contributed by atoms with van der Waals surface area (Å²) >= 11 is 0. The molecule has 10 heteroatoms. The minimum Gasteiger partial charge on any atom is -0.756 e. The van der Waals surface area contributed by atoms with Crippen LogP contribution in [0.3, 0.4) is 0 Å². The van der Waals surface area contributed by atoms with Crippen molar-refractivity contribution in [3.8, 4) is 0 Å². The first-order valence-corrected chi connectivity index (χ1v) is 33.9. The van der Waals surface area contributed by atoms with Gasteiger partial charge in [0.05, 0.1) is 33.8 Å². The molecule has 0 aliphatic carbocycles. The van der Waals surface area contributed by atoms with Crippen LogP contribution in [-0.4, -0.2) is 69.4 Å². The van der Waals surface area contributed by atoms with Gasteiger partial charge in [-0.05, 0) is 102 Å². The highest BCUT2D eigenvalue weighted by atomic mass is 31.2. The van der Waals surface area contributed by atoms with Gasteiger partial charge in [-0.1, -0.05) is 254 Å². The number of likely N-dealkylation sites (N-methyl/N-ethyl adjacent to an activating group) is 1. The van der Waals surface area contributed by atoms with Gasteiger partial charge in [0.1, 0.15) is 19.3 Å². The van der Waals surface area contributed by atoms with Crippen molar-refractivity contribution in [1.29, 1.82) is 0 Å². The number of unbranched alkanes of at least 4 members (excludes halogenated alkanes) is 30. The summed E-state index contributed by atoms with van der Waals surface area (Å²) in [5, 5.41) is 3.03. The van der Waals surface area contributed by atoms with Gasteiger partial charge in [-0.2, -0.15) is 0 Å². The lowest BCUT2D eigenvalue weighted by Gasteiger charge is -2.30. The van der Waals surface area contributed by atoms with Gasteiger partial charge >= 0.3 is 5.97 Å². The topological polar surface area (TPSA) is 114 Å². The fourth-order valence-electron chi connectivity index (χ4n) is 9.07. The highest BCUT2D eigenvalue weighted by Crippen LogP contribution is 2.38. The van der Waals surface area contributed by atoms with Crippen molar-refractivity contribution < 1.29 is 37.3 Å². The van der Waals surface area contributed by atoms with Crippen molar-refractivity contribution in [3.05, 3.63) is 85.1 Å². The first-order chi connectivity index (χ1) is 37.9. The number of carbonyl (C=O) groups excluding carboxylic acids is 2. The van der Waals surface area contributed by atoms with Crippen molar-refractivity contribution in [2.75, 3.05) is 40.9 Å². The van der Waals surface area contributed by atoms with Crippen molar-refractivity contribution in [1.82, 2.24) is 5.32 Å². The van der Waals surface area contributed by atoms with Gasteiger partial charge < -0.3 is 28.5 Å². The molecule has 0 aliphatic rings. The molecule has 0 aromatic rings. The number of phosphoric acid groups is 1. The Balaban J connectivity index is 5.16. The largest absolute Gasteiger partial charge is 0.756 e. The quantitative estimate of drug-likeness (QED) is 0.0212. The maximum atomic E-state index is 13.5. The Labute approximate surface area is 482 Å². The molecule has 1 N–H and O–H groups in total. The highest BCUT2D eigenvalue weighted by molar-refractivity contribution is 7.45. The Morgan fingerprint density at radius 3 is 1.26 bits per heavy atom. The SMILES string of the molecule is CC/C=C\C/C=C\C/C=C\C/C=C\C/C=C\CCCCCCCCCCCC(=O)OC(/C=C\CCCCCCCCCCCC)C(COP(=O)([O-])OCC[N+](C)(C)C)NC(=O)CCCCCCCCC/C=C\CCCCCC. The number of hydrogen-bond donors (Lipinski definition) is 1. The maximum Gasteiger partial charge on any atom is 0.306 e. The summed E-state index contributed by atoms with van der Waals surface area (Å²) < 4.78 is 30.3. The number of esters is 1. The first kappa shape index (κ1) is 75.2. The van der Waals surface area contributed by atoms with Crippen LogP contribution in [0, 0.1) is 0 Å². The standard InChI is InChI=1S/C68H123N2O7P/c1-7-10-13-16-19-22-25-28-30-31-32-33-34-35-36-37-38-39-41-43-46-49-52-55-58-61-68(72)77-66(59-56-53-50-47-44-27-24-21-18-15-12-9-3)65(64-76-78(73,74)75-63-62-70(4,5)6)69-67(71)60-57-54-51-48-45-42-40-29-26-23-20-17-14-11-8-2/h10,13,19,22-23,26,28,30,32-33,35-36,56,59,65-66H,7-9,11-12,14-18,20-21,24-25,27,29,31,34,37-55,57-58,60-64H2,1-6H3,(H-,69,71,73,74)/b13-10-,22-19-,26-23-,30-28-,33-32-,36-35-,59-56-. The number of carbonyl (C=O) groups is 2. The third-order valence-electron chi connectivity index (χ3n) is 14.1. The zero-order chi connectivity index (χ0) is 57.2. The fourth-order valence-corrected chi connectivity index (χ4v) is 9.80. The second-order valence-electron chi connectivity index (χ2n) is 22.9. The monoisotopic (exact) mass is 1110 g/mol. The van der Waals surface area contributed by atoms with Gasteiger partial charge in [0.2, 0.25) is 5.91 Å². The Morgan fingerprint density at radius 1 is 0.462 bits per heavy atom. The van der Waals surface area contributed by atoms with Gasteiger partial charge in [-0.15, -0.1) is 0 Å². The summed E-state index contributed by atoms with van der Waals surface area (Å²) in [6, 6.07) is -0.896. The molecule has 0 spiro atoms. The van der Waals surface area contributed by atoms with Crippen molar-refractivity contribution in [2.45, 2.75) is 296 Å². The van der Waals surface area contributed by atoms with E-state index >= 15 is 0 Å². The predicted octanol–water partition coefficient (Wildman–Crippen LogP) is 19.5. The molecule has 0 bridgehead atoms. The molecule has 0 aromatic carbocycles. The number of hydrogen-bond acceptors (Lipinski definition) is 7. The normalized spacial score (nSPS) is 14.2. The van der Waals surface area contributed by atoms with E-state index in [-0.39, 0.29) is 24.9 Å². The second-order valence-corrected chi connectivity index (χ2v) is 24.3. The highest BCUT2D eigenvalue weighted by Gasteiger charge is 2.27. The molecule has 0 saturated carbocycles. The van der Waals surface area contributed by atoms with E-state index in [1.54, 1.807) is 0 Å². The zero-order valence-electron chi connectivity index (χ0n) is 51.6. The average Bonchev–Trinajstić information content (AvgIpc) is 3.40. The molecule has 3 atom stereocenters. The molecule has 0 aliphatic heterocycles. The van der Waals surface area contributed by atoms with Crippen LogP contribution in [0.2, 0.25) is 0 Å². The molecule has 0 radical (unpaired) electrons. The van der Waals surface area contributed by atoms with Crippen LogP contribution in [0.25, 0.3) is 0 Å². The molecule has 0 fully saturated rings. The van der Waals surface area contributed by atoms with Gasteiger partial charge in [0, 0.05) is 12.8 Å². The number of quaternary nitrogens is 1. The molecule has 9 nitrogen and oxygen atoms in total. The molecule has 78 heavy (non-hydrogen) atoms. The molecule has 3 unspecified atom stereocenters. The van der Waals surface area contributed by atoms with E-state index in [9.17, 15) is 19.0 Å². The molecular weight excluding hydrogens is 988 g/mol. The van der Waals surface area contributed by atoms with E-state index in [0.717, 1.165) is 116 Å². The van der Waals surface area contributed by atoms with Crippen molar-refractivity contribution >= 4 is 19.7 Å². The molecule has 0 rings (SSSR count). The summed E-state index contributed by atoms with van der Waals surface area (Å²) in [5.41, 5.74) is 0. The number of nitrogens with one attached hydrogen (secondary N) is 1. The third kappa shape index (κ3) is 57.9. The Hall–Kier alpha value is -2.81. The van der Waals surface area contributed by atoms with E-state index in [1.807, 2.05) is 33.3 Å². The molecular formula is C68H123N2O7P. The van der Waals surface area contributed by atoms with Crippen LogP contribution in [0.5, 0.6) is 0 Å². The number of nitrogens with zero attached hydrogens (tertiary/aromatic N) is 1. The summed E-state index contributed by atoms with van der Waals surface area (Å²) in [6.45, 7) is 6.72. The van der Waals surface area contributed by atoms with E-state index in [1.165, 1.54) is 135 Å². The van der Waals surface area contributed by atoms with Gasteiger partial charge in [-0.25, -0.2) is 0 Å². The van der Waals surface area contributed by atoms with Gasteiger partial charge in [0.15, 0.2) is 0 Å². The molecule has 1 amide bonds. The number of phosphoric ester groups is 1. The van der Waals surface area contributed by atoms with Crippen LogP contribution >= 0.6 is 7.82 Å². The van der Waals surface area contributed by atoms with Gasteiger partial charge in [0.25, 0.3) is 7.82 Å². The number of rotatable bonds is 58. The van der Waals surface area contributed by atoms with E-state index in [2.05, 4.69) is 99.0 Å².